The number of carbonyl (C=O) groups is 1. The van der Waals surface area contributed by atoms with Crippen LogP contribution < -0.4 is 10.6 Å². The van der Waals surface area contributed by atoms with Gasteiger partial charge in [-0.25, -0.2) is 4.79 Å². The number of anilines is 1. The highest BCUT2D eigenvalue weighted by molar-refractivity contribution is 5.90. The second-order valence-electron chi connectivity index (χ2n) is 2.82. The molecule has 0 atom stereocenters. The second-order valence-corrected chi connectivity index (χ2v) is 2.82. The lowest BCUT2D eigenvalue weighted by Crippen LogP contribution is -2.38. The third-order valence-corrected chi connectivity index (χ3v) is 1.85. The van der Waals surface area contributed by atoms with E-state index in [1.54, 1.807) is 7.11 Å². The van der Waals surface area contributed by atoms with Gasteiger partial charge in [-0.1, -0.05) is 18.2 Å². The Morgan fingerprint density at radius 2 is 2.07 bits per heavy atom. The molecule has 0 spiro atoms. The molecule has 76 valence electrons. The number of methoxy groups -OCH3 is 1. The fraction of sp³-hybridized carbons (Fsp3) is 0.300. The minimum Gasteiger partial charge on any atom is -0.383 e. The van der Waals surface area contributed by atoms with Crippen molar-refractivity contribution in [2.45, 2.75) is 0 Å². The van der Waals surface area contributed by atoms with E-state index in [2.05, 4.69) is 0 Å². The van der Waals surface area contributed by atoms with Crippen LogP contribution in [0.3, 0.4) is 0 Å². The molecule has 14 heavy (non-hydrogen) atoms. The van der Waals surface area contributed by atoms with E-state index in [9.17, 15) is 4.79 Å². The summed E-state index contributed by atoms with van der Waals surface area (Å²) in [5, 5.41) is 0. The van der Waals surface area contributed by atoms with E-state index in [1.807, 2.05) is 30.3 Å². The number of nitrogens with two attached hydrogens (primary N) is 1. The third kappa shape index (κ3) is 2.74. The average Bonchev–Trinajstić information content (AvgIpc) is 2.19. The summed E-state index contributed by atoms with van der Waals surface area (Å²) < 4.78 is 4.89. The van der Waals surface area contributed by atoms with Crippen LogP contribution in [0, 0.1) is 0 Å². The molecule has 0 bridgehead atoms. The Balaban J connectivity index is 2.73. The van der Waals surface area contributed by atoms with E-state index >= 15 is 0 Å². The smallest absolute Gasteiger partial charge is 0.319 e. The van der Waals surface area contributed by atoms with Gasteiger partial charge in [-0.2, -0.15) is 0 Å². The topological polar surface area (TPSA) is 55.6 Å². The van der Waals surface area contributed by atoms with Gasteiger partial charge in [0.2, 0.25) is 0 Å². The molecule has 0 aliphatic rings. The molecule has 0 saturated carbocycles. The van der Waals surface area contributed by atoms with Gasteiger partial charge in [0.15, 0.2) is 0 Å². The molecule has 1 aromatic carbocycles. The molecule has 0 saturated heterocycles. The van der Waals surface area contributed by atoms with Crippen LogP contribution in [0.15, 0.2) is 30.3 Å². The summed E-state index contributed by atoms with van der Waals surface area (Å²) in [6, 6.07) is 8.81. The highest BCUT2D eigenvalue weighted by Crippen LogP contribution is 2.11. The van der Waals surface area contributed by atoms with E-state index in [1.165, 1.54) is 4.90 Å². The molecule has 0 unspecified atom stereocenters. The van der Waals surface area contributed by atoms with Gasteiger partial charge in [0.1, 0.15) is 0 Å². The normalized spacial score (nSPS) is 9.79. The zero-order chi connectivity index (χ0) is 10.4. The van der Waals surface area contributed by atoms with Crippen LogP contribution in [0.25, 0.3) is 0 Å². The van der Waals surface area contributed by atoms with E-state index in [4.69, 9.17) is 10.5 Å². The first-order chi connectivity index (χ1) is 6.75. The molecule has 0 heterocycles. The molecule has 2 N–H and O–H groups in total. The molecule has 2 amide bonds. The lowest BCUT2D eigenvalue weighted by atomic mass is 10.3. The van der Waals surface area contributed by atoms with E-state index in [0.717, 1.165) is 5.69 Å². The number of ether oxygens (including phenoxy) is 1. The summed E-state index contributed by atoms with van der Waals surface area (Å²) in [5.74, 6) is 0. The molecular weight excluding hydrogens is 180 g/mol. The fourth-order valence-corrected chi connectivity index (χ4v) is 1.16. The summed E-state index contributed by atoms with van der Waals surface area (Å²) in [4.78, 5) is 12.6. The zero-order valence-electron chi connectivity index (χ0n) is 8.14. The first-order valence-corrected chi connectivity index (χ1v) is 4.36. The minimum absolute atomic E-state index is 0.465. The van der Waals surface area contributed by atoms with Crippen LogP contribution in [-0.4, -0.2) is 26.3 Å². The first kappa shape index (κ1) is 10.5. The molecule has 0 radical (unpaired) electrons. The Labute approximate surface area is 83.3 Å². The predicted molar refractivity (Wildman–Crippen MR) is 55.2 cm³/mol. The van der Waals surface area contributed by atoms with E-state index in [0.29, 0.717) is 13.2 Å². The van der Waals surface area contributed by atoms with Crippen molar-refractivity contribution in [1.29, 1.82) is 0 Å². The second kappa shape index (κ2) is 5.24. The number of rotatable bonds is 4. The van der Waals surface area contributed by atoms with Crippen molar-refractivity contribution in [3.05, 3.63) is 30.3 Å². The lowest BCUT2D eigenvalue weighted by Gasteiger charge is -2.19. The summed E-state index contributed by atoms with van der Waals surface area (Å²) in [5.41, 5.74) is 6.03. The molecule has 1 aromatic rings. The SMILES string of the molecule is COCCN(C(N)=O)c1ccccc1. The number of hydrogen-bond donors (Lipinski definition) is 1. The Hall–Kier alpha value is -1.55. The van der Waals surface area contributed by atoms with Gasteiger partial charge < -0.3 is 10.5 Å². The first-order valence-electron chi connectivity index (χ1n) is 4.36. The maximum atomic E-state index is 11.1. The van der Waals surface area contributed by atoms with Gasteiger partial charge >= 0.3 is 6.03 Å². The van der Waals surface area contributed by atoms with Crippen molar-refractivity contribution < 1.29 is 9.53 Å². The maximum absolute atomic E-state index is 11.1. The van der Waals surface area contributed by atoms with Crippen LogP contribution >= 0.6 is 0 Å². The van der Waals surface area contributed by atoms with Crippen LogP contribution in [0.5, 0.6) is 0 Å². The predicted octanol–water partition coefficient (Wildman–Crippen LogP) is 1.22. The largest absolute Gasteiger partial charge is 0.383 e. The Morgan fingerprint density at radius 1 is 1.43 bits per heavy atom. The van der Waals surface area contributed by atoms with Crippen molar-refractivity contribution >= 4 is 11.7 Å². The zero-order valence-corrected chi connectivity index (χ0v) is 8.14. The van der Waals surface area contributed by atoms with Gasteiger partial charge in [0.05, 0.1) is 13.2 Å². The van der Waals surface area contributed by atoms with Gasteiger partial charge in [-0.3, -0.25) is 4.90 Å². The Bertz CT molecular complexity index is 287. The van der Waals surface area contributed by atoms with Crippen LogP contribution in [0.1, 0.15) is 0 Å². The van der Waals surface area contributed by atoms with Crippen LogP contribution in [0.2, 0.25) is 0 Å². The molecule has 4 nitrogen and oxygen atoms in total. The monoisotopic (exact) mass is 194 g/mol. The Kier molecular flexibility index (Phi) is 3.94. The highest BCUT2D eigenvalue weighted by atomic mass is 16.5. The number of hydrogen-bond acceptors (Lipinski definition) is 2. The van der Waals surface area contributed by atoms with Crippen molar-refractivity contribution in [2.75, 3.05) is 25.2 Å². The molecule has 0 aliphatic carbocycles. The summed E-state index contributed by atoms with van der Waals surface area (Å²) >= 11 is 0. The Morgan fingerprint density at radius 3 is 2.57 bits per heavy atom. The van der Waals surface area contributed by atoms with Gasteiger partial charge in [-0.05, 0) is 12.1 Å². The average molecular weight is 194 g/mol. The number of carbonyl (C=O) groups excluding carboxylic acids is 1. The summed E-state index contributed by atoms with van der Waals surface area (Å²) in [6.45, 7) is 0.938. The quantitative estimate of drug-likeness (QED) is 0.783. The molecule has 0 aromatic heterocycles. The summed E-state index contributed by atoms with van der Waals surface area (Å²) in [6.07, 6.45) is 0. The fourth-order valence-electron chi connectivity index (χ4n) is 1.16. The minimum atomic E-state index is -0.465. The van der Waals surface area contributed by atoms with Gasteiger partial charge in [0, 0.05) is 12.8 Å². The molecule has 0 aliphatic heterocycles. The van der Waals surface area contributed by atoms with Crippen LogP contribution in [0.4, 0.5) is 10.5 Å². The number of primary amides is 1. The van der Waals surface area contributed by atoms with Gasteiger partial charge in [-0.15, -0.1) is 0 Å². The number of nitrogens with zero attached hydrogens (tertiary/aromatic N) is 1. The van der Waals surface area contributed by atoms with Crippen LogP contribution in [-0.2, 0) is 4.74 Å². The van der Waals surface area contributed by atoms with Crippen molar-refractivity contribution in [3.8, 4) is 0 Å². The van der Waals surface area contributed by atoms with Crippen molar-refractivity contribution in [2.24, 2.45) is 5.73 Å². The molecular formula is C10H14N2O2. The van der Waals surface area contributed by atoms with Crippen molar-refractivity contribution in [3.63, 3.8) is 0 Å². The molecule has 1 rings (SSSR count). The molecule has 4 heteroatoms. The number of benzene rings is 1. The lowest BCUT2D eigenvalue weighted by molar-refractivity contribution is 0.203. The standard InChI is InChI=1S/C10H14N2O2/c1-14-8-7-12(10(11)13)9-5-3-2-4-6-9/h2-6H,7-8H2,1H3,(H2,11,13). The third-order valence-electron chi connectivity index (χ3n) is 1.85. The highest BCUT2D eigenvalue weighted by Gasteiger charge is 2.10. The maximum Gasteiger partial charge on any atom is 0.319 e. The van der Waals surface area contributed by atoms with Gasteiger partial charge in [0.25, 0.3) is 0 Å². The number of amides is 2. The molecule has 0 fully saturated rings. The number of urea groups is 1. The van der Waals surface area contributed by atoms with E-state index < -0.39 is 6.03 Å². The van der Waals surface area contributed by atoms with Crippen molar-refractivity contribution in [1.82, 2.24) is 0 Å². The van der Waals surface area contributed by atoms with E-state index in [-0.39, 0.29) is 0 Å². The summed E-state index contributed by atoms with van der Waals surface area (Å²) in [7, 11) is 1.59. The number of para-hydroxylation sites is 1.